The number of aromatic nitrogens is 3. The average molecular weight is 722 g/mol. The number of benzene rings is 4. The molecule has 0 unspecified atom stereocenters. The molecular weight excluding hydrogens is 702 g/mol. The minimum Gasteiger partial charge on any atom is -0.505 e. The summed E-state index contributed by atoms with van der Waals surface area (Å²) >= 11 is 7.45. The van der Waals surface area contributed by atoms with Gasteiger partial charge in [0.15, 0.2) is 5.75 Å². The number of phenolic OH excluding ortho intramolecular Hbond substituents is 1. The molecule has 0 saturated heterocycles. The first kappa shape index (κ1) is 34.2. The average Bonchev–Trinajstić information content (AvgIpc) is 3.05. The van der Waals surface area contributed by atoms with E-state index in [4.69, 9.17) is 22.1 Å². The molecule has 0 fully saturated rings. The Bertz CT molecular complexity index is 2060. The van der Waals surface area contributed by atoms with Crippen LogP contribution in [0.5, 0.6) is 5.75 Å². The van der Waals surface area contributed by atoms with Crippen LogP contribution in [0.3, 0.4) is 0 Å². The SMILES string of the molecule is CN(c1ccc2c(O)c(N=Nc3ccccc3S(=O)(=O)O)c(SOOO)cc2c1)c1nc(Cl)nc(Nc2ccccc2SOOO)n1. The molecule has 0 aliphatic heterocycles. The van der Waals surface area contributed by atoms with Gasteiger partial charge in [-0.05, 0) is 65.5 Å². The summed E-state index contributed by atoms with van der Waals surface area (Å²) in [7, 11) is -2.95. The van der Waals surface area contributed by atoms with E-state index in [9.17, 15) is 18.1 Å². The van der Waals surface area contributed by atoms with Crippen molar-refractivity contribution in [3.8, 4) is 5.75 Å². The van der Waals surface area contributed by atoms with Crippen LogP contribution in [-0.4, -0.2) is 50.6 Å². The molecule has 47 heavy (non-hydrogen) atoms. The topological polar surface area (TPSA) is 231 Å². The Kier molecular flexibility index (Phi) is 11.0. The third-order valence-corrected chi connectivity index (χ3v) is 8.52. The minimum absolute atomic E-state index is 0.0914. The lowest BCUT2D eigenvalue weighted by Crippen LogP contribution is -2.15. The molecule has 0 spiro atoms. The van der Waals surface area contributed by atoms with E-state index in [1.165, 1.54) is 18.2 Å². The second-order valence-corrected chi connectivity index (χ2v) is 12.2. The first-order valence-electron chi connectivity index (χ1n) is 12.7. The van der Waals surface area contributed by atoms with Crippen LogP contribution in [-0.2, 0) is 28.9 Å². The van der Waals surface area contributed by atoms with E-state index < -0.39 is 15.0 Å². The fraction of sp³-hybridized carbons (Fsp3) is 0.0385. The van der Waals surface area contributed by atoms with Crippen molar-refractivity contribution in [2.24, 2.45) is 10.2 Å². The largest absolute Gasteiger partial charge is 0.505 e. The molecule has 0 atom stereocenters. The summed E-state index contributed by atoms with van der Waals surface area (Å²) in [6.07, 6.45) is 0. The maximum atomic E-state index is 11.8. The molecule has 1 aromatic heterocycles. The molecule has 5 N–H and O–H groups in total. The number of aromatic hydroxyl groups is 1. The Morgan fingerprint density at radius 2 is 1.60 bits per heavy atom. The van der Waals surface area contributed by atoms with Crippen LogP contribution in [0.2, 0.25) is 5.28 Å². The fourth-order valence-electron chi connectivity index (χ4n) is 4.10. The predicted molar refractivity (Wildman–Crippen MR) is 170 cm³/mol. The second-order valence-electron chi connectivity index (χ2n) is 8.98. The third-order valence-electron chi connectivity index (χ3n) is 6.16. The molecule has 1 heterocycles. The summed E-state index contributed by atoms with van der Waals surface area (Å²) in [4.78, 5) is 14.5. The van der Waals surface area contributed by atoms with Crippen molar-refractivity contribution in [3.05, 3.63) is 78.1 Å². The van der Waals surface area contributed by atoms with Crippen molar-refractivity contribution < 1.29 is 47.3 Å². The zero-order valence-electron chi connectivity index (χ0n) is 23.5. The van der Waals surface area contributed by atoms with Gasteiger partial charge in [-0.1, -0.05) is 34.3 Å². The molecule has 4 aromatic carbocycles. The monoisotopic (exact) mass is 721 g/mol. The van der Waals surface area contributed by atoms with Crippen molar-refractivity contribution in [2.45, 2.75) is 14.7 Å². The molecule has 0 radical (unpaired) electrons. The Morgan fingerprint density at radius 3 is 2.34 bits per heavy atom. The Balaban J connectivity index is 1.49. The number of nitrogens with zero attached hydrogens (tertiary/aromatic N) is 6. The van der Waals surface area contributed by atoms with Gasteiger partial charge in [-0.15, -0.1) is 18.9 Å². The number of hydrogen-bond acceptors (Lipinski definition) is 18. The predicted octanol–water partition coefficient (Wildman–Crippen LogP) is 7.41. The molecule has 0 aliphatic carbocycles. The normalized spacial score (nSPS) is 11.8. The summed E-state index contributed by atoms with van der Waals surface area (Å²) in [6, 6.07) is 18.7. The van der Waals surface area contributed by atoms with Gasteiger partial charge in [-0.3, -0.25) is 4.55 Å². The van der Waals surface area contributed by atoms with Gasteiger partial charge in [0, 0.05) is 18.1 Å². The minimum atomic E-state index is -4.62. The number of nitrogens with one attached hydrogen (secondary N) is 1. The first-order valence-corrected chi connectivity index (χ1v) is 16.0. The maximum Gasteiger partial charge on any atom is 0.296 e. The lowest BCUT2D eigenvalue weighted by Gasteiger charge is -2.19. The van der Waals surface area contributed by atoms with Crippen molar-refractivity contribution in [1.82, 2.24) is 15.0 Å². The van der Waals surface area contributed by atoms with Gasteiger partial charge in [0.2, 0.25) is 17.2 Å². The van der Waals surface area contributed by atoms with Crippen molar-refractivity contribution in [1.29, 1.82) is 0 Å². The highest BCUT2D eigenvalue weighted by molar-refractivity contribution is 7.95. The fourth-order valence-corrected chi connectivity index (χ4v) is 5.82. The van der Waals surface area contributed by atoms with Crippen LogP contribution in [0, 0.1) is 0 Å². The Labute approximate surface area is 278 Å². The van der Waals surface area contributed by atoms with E-state index in [1.54, 1.807) is 60.5 Å². The molecule has 5 aromatic rings. The maximum absolute atomic E-state index is 11.8. The number of azo groups is 1. The Morgan fingerprint density at radius 1 is 0.894 bits per heavy atom. The van der Waals surface area contributed by atoms with E-state index in [0.717, 1.165) is 18.1 Å². The highest BCUT2D eigenvalue weighted by Gasteiger charge is 2.19. The third kappa shape index (κ3) is 8.22. The van der Waals surface area contributed by atoms with Gasteiger partial charge in [0.1, 0.15) is 16.3 Å². The van der Waals surface area contributed by atoms with E-state index in [-0.39, 0.29) is 39.2 Å². The van der Waals surface area contributed by atoms with E-state index >= 15 is 0 Å². The van der Waals surface area contributed by atoms with Crippen molar-refractivity contribution in [3.63, 3.8) is 0 Å². The van der Waals surface area contributed by atoms with Crippen molar-refractivity contribution >= 4 is 91.2 Å². The summed E-state index contributed by atoms with van der Waals surface area (Å²) in [5.74, 6) is -0.130. The first-order chi connectivity index (χ1) is 22.6. The van der Waals surface area contributed by atoms with Gasteiger partial charge in [-0.2, -0.15) is 23.4 Å². The molecule has 0 aliphatic rings. The number of rotatable bonds is 13. The summed E-state index contributed by atoms with van der Waals surface area (Å²) in [5.41, 5.74) is 0.711. The molecule has 5 rings (SSSR count). The number of fused-ring (bicyclic) bond motifs is 1. The lowest BCUT2D eigenvalue weighted by molar-refractivity contribution is -0.432. The molecule has 0 amide bonds. The van der Waals surface area contributed by atoms with E-state index in [0.29, 0.717) is 39.1 Å². The number of phenols is 1. The molecule has 0 saturated carbocycles. The quantitative estimate of drug-likeness (QED) is 0.0262. The van der Waals surface area contributed by atoms with Gasteiger partial charge < -0.3 is 15.3 Å². The van der Waals surface area contributed by atoms with E-state index in [2.05, 4.69) is 49.2 Å². The van der Waals surface area contributed by atoms with Crippen LogP contribution < -0.4 is 10.2 Å². The standard InChI is InChI=1S/C26H20ClN7O10S3/c1-34(26-30-24(27)29-25(31-26)28-17-6-2-4-8-19(17)45-43-41-36)15-10-11-16-14(12-15)13-20(46-44-42-37)22(23(16)35)33-32-18-7-3-5-9-21(18)47(38,39)40/h2-13,35-37H,1H3,(H,38,39,40)(H,28,29,30,31). The Hall–Kier alpha value is -4.19. The highest BCUT2D eigenvalue weighted by Crippen LogP contribution is 2.45. The zero-order valence-corrected chi connectivity index (χ0v) is 26.7. The number of anilines is 4. The van der Waals surface area contributed by atoms with Gasteiger partial charge in [0.05, 0.1) is 39.6 Å². The van der Waals surface area contributed by atoms with Crippen LogP contribution in [0.25, 0.3) is 10.8 Å². The smallest absolute Gasteiger partial charge is 0.296 e. The van der Waals surface area contributed by atoms with Gasteiger partial charge in [-0.25, -0.2) is 10.5 Å². The van der Waals surface area contributed by atoms with Crippen molar-refractivity contribution in [2.75, 3.05) is 17.3 Å². The molecule has 21 heteroatoms. The molecule has 244 valence electrons. The number of halogens is 1. The summed E-state index contributed by atoms with van der Waals surface area (Å²) in [5, 5.41) is 47.4. The highest BCUT2D eigenvalue weighted by atomic mass is 35.5. The summed E-state index contributed by atoms with van der Waals surface area (Å²) < 4.78 is 42.2. The van der Waals surface area contributed by atoms with Crippen LogP contribution in [0.15, 0.2) is 97.7 Å². The molecular formula is C26H20ClN7O10S3. The van der Waals surface area contributed by atoms with Crippen LogP contribution in [0.1, 0.15) is 0 Å². The van der Waals surface area contributed by atoms with Crippen LogP contribution >= 0.6 is 35.7 Å². The van der Waals surface area contributed by atoms with E-state index in [1.807, 2.05) is 0 Å². The van der Waals surface area contributed by atoms with Gasteiger partial charge >= 0.3 is 0 Å². The summed E-state index contributed by atoms with van der Waals surface area (Å²) in [6.45, 7) is 0. The second kappa shape index (κ2) is 15.1. The number of hydrogen-bond donors (Lipinski definition) is 5. The van der Waals surface area contributed by atoms with Gasteiger partial charge in [0.25, 0.3) is 10.1 Å². The number of para-hydroxylation sites is 1. The zero-order chi connectivity index (χ0) is 33.6. The molecule has 0 bridgehead atoms. The lowest BCUT2D eigenvalue weighted by atomic mass is 10.1. The molecule has 17 nitrogen and oxygen atoms in total. The van der Waals surface area contributed by atoms with Crippen LogP contribution in [0.4, 0.5) is 34.6 Å².